The first-order chi connectivity index (χ1) is 7.44. The lowest BCUT2D eigenvalue weighted by atomic mass is 10.3. The van der Waals surface area contributed by atoms with Crippen molar-refractivity contribution in [3.8, 4) is 6.07 Å². The summed E-state index contributed by atoms with van der Waals surface area (Å²) in [6, 6.07) is 2.07. The van der Waals surface area contributed by atoms with E-state index in [0.29, 0.717) is 29.2 Å². The Kier molecular flexibility index (Phi) is 4.26. The van der Waals surface area contributed by atoms with Gasteiger partial charge in [-0.3, -0.25) is 0 Å². The number of hydrogen-bond donors (Lipinski definition) is 1. The Balaban J connectivity index is 2.47. The van der Waals surface area contributed by atoms with Crippen LogP contribution in [0.5, 0.6) is 0 Å². The number of hydrogen-bond acceptors (Lipinski definition) is 6. The number of aromatic nitrogens is 1. The van der Waals surface area contributed by atoms with E-state index < -0.39 is 9.84 Å². The second-order valence-corrected chi connectivity index (χ2v) is 6.53. The highest BCUT2D eigenvalue weighted by molar-refractivity contribution is 7.90. The molecule has 0 atom stereocenters. The zero-order valence-electron chi connectivity index (χ0n) is 9.15. The Hall–Kier alpha value is -1.13. The Bertz CT molecular complexity index is 499. The number of sulfone groups is 1. The van der Waals surface area contributed by atoms with Gasteiger partial charge in [0.2, 0.25) is 0 Å². The highest BCUT2D eigenvalue weighted by Crippen LogP contribution is 2.22. The predicted molar refractivity (Wildman–Crippen MR) is 64.4 cm³/mol. The highest BCUT2D eigenvalue weighted by atomic mass is 32.2. The SMILES string of the molecule is Cc1nsc(NCCCS(C)(=O)=O)c1C#N. The van der Waals surface area contributed by atoms with Gasteiger partial charge in [-0.15, -0.1) is 0 Å². The van der Waals surface area contributed by atoms with E-state index in [-0.39, 0.29) is 5.75 Å². The van der Waals surface area contributed by atoms with Gasteiger partial charge in [-0.2, -0.15) is 9.64 Å². The minimum absolute atomic E-state index is 0.152. The van der Waals surface area contributed by atoms with Crippen LogP contribution in [0.1, 0.15) is 17.7 Å². The molecule has 0 fully saturated rings. The standard InChI is InChI=1S/C9H13N3O2S2/c1-7-8(6-10)9(15-12-7)11-4-3-5-16(2,13)14/h11H,3-5H2,1-2H3. The summed E-state index contributed by atoms with van der Waals surface area (Å²) in [7, 11) is -2.91. The van der Waals surface area contributed by atoms with Crippen molar-refractivity contribution in [2.24, 2.45) is 0 Å². The zero-order valence-corrected chi connectivity index (χ0v) is 10.8. The van der Waals surface area contributed by atoms with Gasteiger partial charge in [0, 0.05) is 12.8 Å². The minimum Gasteiger partial charge on any atom is -0.375 e. The zero-order chi connectivity index (χ0) is 12.2. The van der Waals surface area contributed by atoms with Crippen LogP contribution in [0.3, 0.4) is 0 Å². The van der Waals surface area contributed by atoms with Crippen LogP contribution < -0.4 is 5.32 Å². The molecule has 1 heterocycles. The third-order valence-corrected chi connectivity index (χ3v) is 3.88. The second kappa shape index (κ2) is 5.27. The fourth-order valence-electron chi connectivity index (χ4n) is 1.16. The van der Waals surface area contributed by atoms with Gasteiger partial charge >= 0.3 is 0 Å². The molecule has 1 N–H and O–H groups in total. The number of nitriles is 1. The lowest BCUT2D eigenvalue weighted by molar-refractivity contribution is 0.600. The topological polar surface area (TPSA) is 82.8 Å². The van der Waals surface area contributed by atoms with E-state index in [1.165, 1.54) is 17.8 Å². The normalized spacial score (nSPS) is 11.1. The molecule has 1 aromatic heterocycles. The maximum absolute atomic E-state index is 10.9. The van der Waals surface area contributed by atoms with Gasteiger partial charge < -0.3 is 5.32 Å². The molecule has 0 saturated heterocycles. The maximum Gasteiger partial charge on any atom is 0.147 e. The molecule has 0 bridgehead atoms. The lowest BCUT2D eigenvalue weighted by Gasteiger charge is -2.02. The Morgan fingerprint density at radius 2 is 2.25 bits per heavy atom. The molecule has 5 nitrogen and oxygen atoms in total. The molecular weight excluding hydrogens is 246 g/mol. The van der Waals surface area contributed by atoms with Crippen molar-refractivity contribution >= 4 is 26.4 Å². The maximum atomic E-state index is 10.9. The largest absolute Gasteiger partial charge is 0.375 e. The number of nitrogens with zero attached hydrogens (tertiary/aromatic N) is 2. The van der Waals surface area contributed by atoms with Gasteiger partial charge in [0.25, 0.3) is 0 Å². The van der Waals surface area contributed by atoms with Crippen LogP contribution in [0, 0.1) is 18.3 Å². The molecule has 0 aliphatic heterocycles. The third-order valence-electron chi connectivity index (χ3n) is 1.95. The van der Waals surface area contributed by atoms with E-state index in [1.54, 1.807) is 6.92 Å². The second-order valence-electron chi connectivity index (χ2n) is 3.49. The third kappa shape index (κ3) is 3.79. The van der Waals surface area contributed by atoms with Gasteiger partial charge in [-0.1, -0.05) is 0 Å². The summed E-state index contributed by atoms with van der Waals surface area (Å²) in [5.41, 5.74) is 1.25. The van der Waals surface area contributed by atoms with Gasteiger partial charge in [-0.25, -0.2) is 8.42 Å². The van der Waals surface area contributed by atoms with Crippen molar-refractivity contribution in [2.45, 2.75) is 13.3 Å². The van der Waals surface area contributed by atoms with Crippen LogP contribution in [0.4, 0.5) is 5.00 Å². The van der Waals surface area contributed by atoms with Crippen molar-refractivity contribution in [3.63, 3.8) is 0 Å². The predicted octanol–water partition coefficient (Wildman–Crippen LogP) is 1.17. The van der Waals surface area contributed by atoms with Crippen LogP contribution >= 0.6 is 11.5 Å². The van der Waals surface area contributed by atoms with Crippen molar-refractivity contribution in [1.29, 1.82) is 5.26 Å². The first kappa shape index (κ1) is 12.9. The lowest BCUT2D eigenvalue weighted by Crippen LogP contribution is -2.09. The Morgan fingerprint density at radius 1 is 1.56 bits per heavy atom. The van der Waals surface area contributed by atoms with E-state index in [9.17, 15) is 8.42 Å². The molecular formula is C9H13N3O2S2. The molecule has 0 aliphatic carbocycles. The van der Waals surface area contributed by atoms with E-state index >= 15 is 0 Å². The van der Waals surface area contributed by atoms with Crippen molar-refractivity contribution in [2.75, 3.05) is 23.9 Å². The summed E-state index contributed by atoms with van der Waals surface area (Å²) in [6.45, 7) is 2.31. The van der Waals surface area contributed by atoms with Crippen LogP contribution in [0.2, 0.25) is 0 Å². The average Bonchev–Trinajstić information content (AvgIpc) is 2.52. The molecule has 0 aliphatic rings. The molecule has 7 heteroatoms. The number of nitrogens with one attached hydrogen (secondary N) is 1. The Morgan fingerprint density at radius 3 is 2.81 bits per heavy atom. The number of rotatable bonds is 5. The van der Waals surface area contributed by atoms with E-state index in [0.717, 1.165) is 0 Å². The smallest absolute Gasteiger partial charge is 0.147 e. The molecule has 0 radical (unpaired) electrons. The molecule has 0 amide bonds. The van der Waals surface area contributed by atoms with Crippen LogP contribution in [0.15, 0.2) is 0 Å². The summed E-state index contributed by atoms with van der Waals surface area (Å²) in [5.74, 6) is 0.152. The number of anilines is 1. The van der Waals surface area contributed by atoms with Crippen LogP contribution in [0.25, 0.3) is 0 Å². The monoisotopic (exact) mass is 259 g/mol. The van der Waals surface area contributed by atoms with Crippen LogP contribution in [-0.4, -0.2) is 31.3 Å². The van der Waals surface area contributed by atoms with Gasteiger partial charge in [0.05, 0.1) is 11.4 Å². The summed E-state index contributed by atoms with van der Waals surface area (Å²) >= 11 is 1.23. The summed E-state index contributed by atoms with van der Waals surface area (Å²) < 4.78 is 25.8. The molecule has 1 rings (SSSR count). The summed E-state index contributed by atoms with van der Waals surface area (Å²) in [6.07, 6.45) is 1.74. The fourth-order valence-corrected chi connectivity index (χ4v) is 2.60. The van der Waals surface area contributed by atoms with Crippen molar-refractivity contribution in [1.82, 2.24) is 4.37 Å². The van der Waals surface area contributed by atoms with Crippen molar-refractivity contribution in [3.05, 3.63) is 11.3 Å². The molecule has 1 aromatic rings. The Labute approximate surface area is 99.2 Å². The molecule has 88 valence electrons. The summed E-state index contributed by atoms with van der Waals surface area (Å²) in [5, 5.41) is 12.6. The highest BCUT2D eigenvalue weighted by Gasteiger charge is 2.09. The van der Waals surface area contributed by atoms with E-state index in [1.807, 2.05) is 0 Å². The van der Waals surface area contributed by atoms with E-state index in [4.69, 9.17) is 5.26 Å². The molecule has 0 saturated carbocycles. The van der Waals surface area contributed by atoms with Crippen LogP contribution in [-0.2, 0) is 9.84 Å². The van der Waals surface area contributed by atoms with Gasteiger partial charge in [0.1, 0.15) is 26.5 Å². The average molecular weight is 259 g/mol. The first-order valence-corrected chi connectivity index (χ1v) is 7.55. The molecule has 0 spiro atoms. The van der Waals surface area contributed by atoms with Gasteiger partial charge in [0.15, 0.2) is 0 Å². The van der Waals surface area contributed by atoms with E-state index in [2.05, 4.69) is 15.8 Å². The molecule has 0 aromatic carbocycles. The van der Waals surface area contributed by atoms with Crippen molar-refractivity contribution < 1.29 is 8.42 Å². The number of aryl methyl sites for hydroxylation is 1. The fraction of sp³-hybridized carbons (Fsp3) is 0.556. The molecule has 16 heavy (non-hydrogen) atoms. The minimum atomic E-state index is -2.91. The quantitative estimate of drug-likeness (QED) is 0.803. The first-order valence-electron chi connectivity index (χ1n) is 4.72. The molecule has 0 unspecified atom stereocenters. The van der Waals surface area contributed by atoms with Gasteiger partial charge in [-0.05, 0) is 24.9 Å². The summed E-state index contributed by atoms with van der Waals surface area (Å²) in [4.78, 5) is 0.